The average Bonchev–Trinajstić information content (AvgIpc) is 2.66. The molecule has 0 aliphatic heterocycles. The zero-order chi connectivity index (χ0) is 11.3. The van der Waals surface area contributed by atoms with Crippen molar-refractivity contribution in [2.45, 2.75) is 25.9 Å². The van der Waals surface area contributed by atoms with E-state index in [4.69, 9.17) is 5.11 Å². The number of nitrogens with one attached hydrogen (secondary N) is 1. The lowest BCUT2D eigenvalue weighted by Crippen LogP contribution is -2.35. The van der Waals surface area contributed by atoms with Crippen LogP contribution in [0.25, 0.3) is 0 Å². The molecule has 0 amide bonds. The van der Waals surface area contributed by atoms with E-state index in [2.05, 4.69) is 5.32 Å². The van der Waals surface area contributed by atoms with Crippen LogP contribution >= 0.6 is 0 Å². The predicted molar refractivity (Wildman–Crippen MR) is 53.8 cm³/mol. The fourth-order valence-corrected chi connectivity index (χ4v) is 1.24. The second kappa shape index (κ2) is 5.23. The van der Waals surface area contributed by atoms with Crippen LogP contribution in [0.2, 0.25) is 0 Å². The van der Waals surface area contributed by atoms with E-state index < -0.39 is 19.1 Å². The van der Waals surface area contributed by atoms with Crippen molar-refractivity contribution in [3.05, 3.63) is 24.0 Å². The number of aliphatic hydroxyl groups is 1. The lowest BCUT2D eigenvalue weighted by Gasteiger charge is -2.13. The van der Waals surface area contributed by atoms with Gasteiger partial charge in [-0.05, 0) is 18.6 Å². The van der Waals surface area contributed by atoms with Crippen molar-refractivity contribution in [3.63, 3.8) is 0 Å². The van der Waals surface area contributed by atoms with Gasteiger partial charge in [-0.1, -0.05) is 0 Å². The summed E-state index contributed by atoms with van der Waals surface area (Å²) in [6.45, 7) is 1.66. The highest BCUT2D eigenvalue weighted by molar-refractivity contribution is 5.09. The first-order chi connectivity index (χ1) is 7.07. The Hall–Kier alpha value is -0.940. The predicted octanol–water partition coefficient (Wildman–Crippen LogP) is 1.23. The Morgan fingerprint density at radius 3 is 2.80 bits per heavy atom. The summed E-state index contributed by atoms with van der Waals surface area (Å²) < 4.78 is 27.2. The van der Waals surface area contributed by atoms with Gasteiger partial charge >= 0.3 is 0 Å². The Balaban J connectivity index is 2.31. The van der Waals surface area contributed by atoms with E-state index in [1.54, 1.807) is 0 Å². The van der Waals surface area contributed by atoms with Crippen LogP contribution in [0.1, 0.15) is 12.5 Å². The van der Waals surface area contributed by atoms with Crippen molar-refractivity contribution in [2.75, 3.05) is 13.2 Å². The van der Waals surface area contributed by atoms with Gasteiger partial charge in [0.1, 0.15) is 6.61 Å². The van der Waals surface area contributed by atoms with Crippen LogP contribution in [0.3, 0.4) is 0 Å². The van der Waals surface area contributed by atoms with Crippen molar-refractivity contribution >= 4 is 0 Å². The van der Waals surface area contributed by atoms with Gasteiger partial charge in [-0.2, -0.15) is 0 Å². The minimum absolute atomic E-state index is 0.391. The standard InChI is InChI=1S/C10H16F2N2O/c1-2-14-4-3-9(6-14)5-13-7-10(11,12)8-15/h3-4,6,13,15H,2,5,7-8H2,1H3. The molecule has 0 spiro atoms. The molecule has 0 atom stereocenters. The minimum atomic E-state index is -3.03. The van der Waals surface area contributed by atoms with Crippen molar-refractivity contribution < 1.29 is 13.9 Å². The van der Waals surface area contributed by atoms with E-state index in [9.17, 15) is 8.78 Å². The van der Waals surface area contributed by atoms with Crippen LogP contribution in [0.5, 0.6) is 0 Å². The lowest BCUT2D eigenvalue weighted by molar-refractivity contribution is -0.0477. The summed E-state index contributed by atoms with van der Waals surface area (Å²) in [4.78, 5) is 0. The highest BCUT2D eigenvalue weighted by atomic mass is 19.3. The van der Waals surface area contributed by atoms with Gasteiger partial charge in [-0.15, -0.1) is 0 Å². The maximum atomic E-state index is 12.6. The van der Waals surface area contributed by atoms with Gasteiger partial charge in [-0.25, -0.2) is 8.78 Å². The molecule has 1 aromatic heterocycles. The largest absolute Gasteiger partial charge is 0.390 e. The number of aromatic nitrogens is 1. The van der Waals surface area contributed by atoms with Crippen molar-refractivity contribution in [2.24, 2.45) is 0 Å². The molecule has 86 valence electrons. The summed E-state index contributed by atoms with van der Waals surface area (Å²) in [5.74, 6) is -3.03. The molecule has 1 rings (SSSR count). The van der Waals surface area contributed by atoms with Gasteiger partial charge in [0.2, 0.25) is 0 Å². The maximum Gasteiger partial charge on any atom is 0.282 e. The number of nitrogens with zero attached hydrogens (tertiary/aromatic N) is 1. The molecular formula is C10H16F2N2O. The Labute approximate surface area is 87.7 Å². The molecule has 0 radical (unpaired) electrons. The molecule has 5 heteroatoms. The maximum absolute atomic E-state index is 12.6. The molecule has 0 aromatic carbocycles. The van der Waals surface area contributed by atoms with Gasteiger partial charge in [0, 0.05) is 25.5 Å². The molecule has 2 N–H and O–H groups in total. The zero-order valence-electron chi connectivity index (χ0n) is 8.71. The van der Waals surface area contributed by atoms with Gasteiger partial charge in [0.05, 0.1) is 6.54 Å². The molecule has 1 heterocycles. The van der Waals surface area contributed by atoms with Crippen molar-refractivity contribution in [3.8, 4) is 0 Å². The Bertz CT molecular complexity index is 299. The van der Waals surface area contributed by atoms with E-state index in [0.717, 1.165) is 12.1 Å². The molecule has 3 nitrogen and oxygen atoms in total. The van der Waals surface area contributed by atoms with E-state index in [-0.39, 0.29) is 0 Å². The first-order valence-electron chi connectivity index (χ1n) is 4.91. The fraction of sp³-hybridized carbons (Fsp3) is 0.600. The van der Waals surface area contributed by atoms with Crippen LogP contribution in [0, 0.1) is 0 Å². The SMILES string of the molecule is CCn1ccc(CNCC(F)(F)CO)c1. The smallest absolute Gasteiger partial charge is 0.282 e. The highest BCUT2D eigenvalue weighted by Crippen LogP contribution is 2.10. The third kappa shape index (κ3) is 3.97. The second-order valence-electron chi connectivity index (χ2n) is 3.47. The zero-order valence-corrected chi connectivity index (χ0v) is 8.71. The number of halogens is 2. The summed E-state index contributed by atoms with van der Waals surface area (Å²) >= 11 is 0. The van der Waals surface area contributed by atoms with Crippen LogP contribution in [-0.4, -0.2) is 28.7 Å². The lowest BCUT2D eigenvalue weighted by atomic mass is 10.3. The number of hydrogen-bond acceptors (Lipinski definition) is 2. The van der Waals surface area contributed by atoms with E-state index in [1.807, 2.05) is 30.0 Å². The van der Waals surface area contributed by atoms with Gasteiger partial charge < -0.3 is 15.0 Å². The molecule has 0 aliphatic rings. The summed E-state index contributed by atoms with van der Waals surface area (Å²) in [5, 5.41) is 10.9. The first kappa shape index (κ1) is 12.1. The number of alkyl halides is 2. The summed E-state index contributed by atoms with van der Waals surface area (Å²) in [5.41, 5.74) is 0.964. The Morgan fingerprint density at radius 2 is 2.27 bits per heavy atom. The van der Waals surface area contributed by atoms with Crippen LogP contribution in [0.15, 0.2) is 18.5 Å². The normalized spacial score (nSPS) is 12.0. The van der Waals surface area contributed by atoms with Crippen LogP contribution in [0.4, 0.5) is 8.78 Å². The minimum Gasteiger partial charge on any atom is -0.390 e. The molecule has 0 fully saturated rings. The summed E-state index contributed by atoms with van der Waals surface area (Å²) in [6.07, 6.45) is 3.81. The van der Waals surface area contributed by atoms with Crippen LogP contribution < -0.4 is 5.32 Å². The first-order valence-corrected chi connectivity index (χ1v) is 4.91. The second-order valence-corrected chi connectivity index (χ2v) is 3.47. The average molecular weight is 218 g/mol. The molecule has 0 saturated heterocycles. The van der Waals surface area contributed by atoms with Crippen molar-refractivity contribution in [1.29, 1.82) is 0 Å². The molecule has 0 bridgehead atoms. The number of rotatable bonds is 6. The van der Waals surface area contributed by atoms with Gasteiger partial charge in [-0.3, -0.25) is 0 Å². The molecule has 0 saturated carbocycles. The molecular weight excluding hydrogens is 202 g/mol. The Morgan fingerprint density at radius 1 is 1.53 bits per heavy atom. The highest BCUT2D eigenvalue weighted by Gasteiger charge is 2.26. The molecule has 0 aliphatic carbocycles. The van der Waals surface area contributed by atoms with Crippen molar-refractivity contribution in [1.82, 2.24) is 9.88 Å². The third-order valence-corrected chi connectivity index (χ3v) is 2.12. The van der Waals surface area contributed by atoms with Gasteiger partial charge in [0.25, 0.3) is 5.92 Å². The van der Waals surface area contributed by atoms with E-state index in [0.29, 0.717) is 6.54 Å². The Kier molecular flexibility index (Phi) is 4.23. The fourth-order valence-electron chi connectivity index (χ4n) is 1.24. The molecule has 0 unspecified atom stereocenters. The number of aryl methyl sites for hydroxylation is 1. The summed E-state index contributed by atoms with van der Waals surface area (Å²) in [6, 6.07) is 1.88. The number of aliphatic hydroxyl groups excluding tert-OH is 1. The van der Waals surface area contributed by atoms with Crippen LogP contribution in [-0.2, 0) is 13.1 Å². The topological polar surface area (TPSA) is 37.2 Å². The quantitative estimate of drug-likeness (QED) is 0.753. The number of hydrogen-bond donors (Lipinski definition) is 2. The van der Waals surface area contributed by atoms with Gasteiger partial charge in [0.15, 0.2) is 0 Å². The van der Waals surface area contributed by atoms with E-state index in [1.165, 1.54) is 0 Å². The molecule has 15 heavy (non-hydrogen) atoms. The molecule has 1 aromatic rings. The summed E-state index contributed by atoms with van der Waals surface area (Å²) in [7, 11) is 0. The third-order valence-electron chi connectivity index (χ3n) is 2.12. The van der Waals surface area contributed by atoms with E-state index >= 15 is 0 Å². The monoisotopic (exact) mass is 218 g/mol.